The first kappa shape index (κ1) is 22.1. The summed E-state index contributed by atoms with van der Waals surface area (Å²) in [5.74, 6) is 3.89. The Bertz CT molecular complexity index is 1320. The Labute approximate surface area is 198 Å². The van der Waals surface area contributed by atoms with Crippen LogP contribution in [0.3, 0.4) is 0 Å². The maximum absolute atomic E-state index is 6.12. The molecule has 0 bridgehead atoms. The average molecular weight is 461 g/mol. The van der Waals surface area contributed by atoms with E-state index in [2.05, 4.69) is 24.0 Å². The predicted molar refractivity (Wildman–Crippen MR) is 130 cm³/mol. The third-order valence-corrected chi connectivity index (χ3v) is 6.18. The van der Waals surface area contributed by atoms with Crippen LogP contribution < -0.4 is 18.9 Å². The number of furan rings is 1. The topological polar surface area (TPSA) is 66.2 Å². The van der Waals surface area contributed by atoms with E-state index in [0.717, 1.165) is 57.1 Å². The van der Waals surface area contributed by atoms with Gasteiger partial charge in [-0.05, 0) is 55.0 Å². The molecular formula is C27H28N2O5. The van der Waals surface area contributed by atoms with Crippen molar-refractivity contribution in [3.05, 3.63) is 65.6 Å². The van der Waals surface area contributed by atoms with Gasteiger partial charge in [0, 0.05) is 29.6 Å². The van der Waals surface area contributed by atoms with Crippen molar-refractivity contribution < 1.29 is 23.4 Å². The summed E-state index contributed by atoms with van der Waals surface area (Å²) in [7, 11) is 4.99. The Morgan fingerprint density at radius 2 is 1.76 bits per heavy atom. The van der Waals surface area contributed by atoms with Gasteiger partial charge < -0.3 is 23.4 Å². The van der Waals surface area contributed by atoms with E-state index in [1.54, 1.807) is 27.6 Å². The van der Waals surface area contributed by atoms with Crippen molar-refractivity contribution >= 4 is 10.9 Å². The van der Waals surface area contributed by atoms with E-state index in [9.17, 15) is 0 Å². The SMILES string of the molecule is COc1cc(-c2cc(C)c3c(OC)ccc(OC)c3n2)cc2c1OCCN(Cc1ccco1)C2. The van der Waals surface area contributed by atoms with Gasteiger partial charge in [0.2, 0.25) is 0 Å². The van der Waals surface area contributed by atoms with Crippen LogP contribution in [0.1, 0.15) is 16.9 Å². The van der Waals surface area contributed by atoms with Crippen molar-refractivity contribution in [1.82, 2.24) is 9.88 Å². The number of aryl methyl sites for hydroxylation is 1. The third-order valence-electron chi connectivity index (χ3n) is 6.18. The average Bonchev–Trinajstić information content (AvgIpc) is 3.27. The number of aromatic nitrogens is 1. The number of hydrogen-bond acceptors (Lipinski definition) is 7. The molecule has 2 aromatic heterocycles. The van der Waals surface area contributed by atoms with E-state index in [4.69, 9.17) is 28.3 Å². The minimum Gasteiger partial charge on any atom is -0.496 e. The molecular weight excluding hydrogens is 432 g/mol. The fourth-order valence-corrected chi connectivity index (χ4v) is 4.55. The Morgan fingerprint density at radius 3 is 2.50 bits per heavy atom. The Morgan fingerprint density at radius 1 is 0.971 bits per heavy atom. The van der Waals surface area contributed by atoms with E-state index < -0.39 is 0 Å². The number of hydrogen-bond donors (Lipinski definition) is 0. The second-order valence-electron chi connectivity index (χ2n) is 8.32. The standard InChI is InChI=1S/C27H28N2O5/c1-17-12-21(28-26-23(31-3)8-7-22(30-2)25(17)26)18-13-19-15-29(16-20-6-5-10-33-20)9-11-34-27(19)24(14-18)32-4/h5-8,10,12-14H,9,11,15-16H2,1-4H3. The van der Waals surface area contributed by atoms with Gasteiger partial charge in [0.05, 0.1) is 39.8 Å². The van der Waals surface area contributed by atoms with Crippen molar-refractivity contribution in [2.75, 3.05) is 34.5 Å². The minimum absolute atomic E-state index is 0.577. The van der Waals surface area contributed by atoms with Gasteiger partial charge in [-0.1, -0.05) is 0 Å². The lowest BCUT2D eigenvalue weighted by Gasteiger charge is -2.19. The summed E-state index contributed by atoms with van der Waals surface area (Å²) in [4.78, 5) is 7.29. The number of benzene rings is 2. The number of pyridine rings is 1. The molecule has 7 nitrogen and oxygen atoms in total. The molecule has 0 spiro atoms. The molecule has 5 rings (SSSR count). The fraction of sp³-hybridized carbons (Fsp3) is 0.296. The highest BCUT2D eigenvalue weighted by molar-refractivity contribution is 5.94. The van der Waals surface area contributed by atoms with E-state index in [0.29, 0.717) is 31.2 Å². The van der Waals surface area contributed by atoms with Gasteiger partial charge in [0.15, 0.2) is 11.5 Å². The number of rotatable bonds is 6. The van der Waals surface area contributed by atoms with Crippen LogP contribution >= 0.6 is 0 Å². The first-order valence-corrected chi connectivity index (χ1v) is 11.2. The van der Waals surface area contributed by atoms with Crippen molar-refractivity contribution in [2.24, 2.45) is 0 Å². The molecule has 0 radical (unpaired) electrons. The molecule has 1 aliphatic heterocycles. The molecule has 0 fully saturated rings. The van der Waals surface area contributed by atoms with Crippen molar-refractivity contribution in [1.29, 1.82) is 0 Å². The zero-order valence-corrected chi connectivity index (χ0v) is 19.9. The minimum atomic E-state index is 0.577. The fourth-order valence-electron chi connectivity index (χ4n) is 4.55. The second-order valence-corrected chi connectivity index (χ2v) is 8.32. The van der Waals surface area contributed by atoms with Crippen LogP contribution in [0.4, 0.5) is 0 Å². The molecule has 0 saturated heterocycles. The summed E-state index contributed by atoms with van der Waals surface area (Å²) >= 11 is 0. The van der Waals surface area contributed by atoms with Crippen LogP contribution in [0, 0.1) is 6.92 Å². The van der Waals surface area contributed by atoms with Crippen molar-refractivity contribution in [3.8, 4) is 34.3 Å². The Kier molecular flexibility index (Phi) is 6.02. The highest BCUT2D eigenvalue weighted by Crippen LogP contribution is 2.40. The van der Waals surface area contributed by atoms with E-state index in [1.807, 2.05) is 30.3 Å². The smallest absolute Gasteiger partial charge is 0.165 e. The van der Waals surface area contributed by atoms with Crippen molar-refractivity contribution in [3.63, 3.8) is 0 Å². The van der Waals surface area contributed by atoms with Gasteiger partial charge in [-0.2, -0.15) is 0 Å². The monoisotopic (exact) mass is 460 g/mol. The molecule has 0 amide bonds. The van der Waals surface area contributed by atoms with Crippen LogP contribution in [-0.4, -0.2) is 44.4 Å². The van der Waals surface area contributed by atoms with Crippen LogP contribution in [0.15, 0.2) is 53.1 Å². The summed E-state index contributed by atoms with van der Waals surface area (Å²) < 4.78 is 28.6. The maximum atomic E-state index is 6.12. The molecule has 4 aromatic rings. The zero-order valence-electron chi connectivity index (χ0n) is 19.9. The molecule has 0 aliphatic carbocycles. The lowest BCUT2D eigenvalue weighted by atomic mass is 10.0. The summed E-state index contributed by atoms with van der Waals surface area (Å²) in [5, 5.41) is 0.945. The number of nitrogens with zero attached hydrogens (tertiary/aromatic N) is 2. The normalized spacial score (nSPS) is 13.8. The van der Waals surface area contributed by atoms with Gasteiger partial charge in [-0.3, -0.25) is 4.90 Å². The molecule has 2 aromatic carbocycles. The first-order valence-electron chi connectivity index (χ1n) is 11.2. The van der Waals surface area contributed by atoms with Gasteiger partial charge >= 0.3 is 0 Å². The predicted octanol–water partition coefficient (Wildman–Crippen LogP) is 5.22. The van der Waals surface area contributed by atoms with E-state index in [1.165, 1.54) is 0 Å². The summed E-state index contributed by atoms with van der Waals surface area (Å²) in [6.45, 7) is 4.85. The van der Waals surface area contributed by atoms with Gasteiger partial charge in [-0.15, -0.1) is 0 Å². The number of ether oxygens (including phenoxy) is 4. The van der Waals surface area contributed by atoms with E-state index in [-0.39, 0.29) is 0 Å². The van der Waals surface area contributed by atoms with Gasteiger partial charge in [0.1, 0.15) is 29.4 Å². The Balaban J connectivity index is 1.60. The molecule has 34 heavy (non-hydrogen) atoms. The molecule has 0 unspecified atom stereocenters. The second kappa shape index (κ2) is 9.27. The summed E-state index contributed by atoms with van der Waals surface area (Å²) in [5.41, 5.74) is 4.66. The van der Waals surface area contributed by atoms with Crippen molar-refractivity contribution in [2.45, 2.75) is 20.0 Å². The van der Waals surface area contributed by atoms with Gasteiger partial charge in [-0.25, -0.2) is 4.98 Å². The number of fused-ring (bicyclic) bond motifs is 2. The molecule has 0 N–H and O–H groups in total. The largest absolute Gasteiger partial charge is 0.496 e. The van der Waals surface area contributed by atoms with E-state index >= 15 is 0 Å². The third kappa shape index (κ3) is 4.03. The molecule has 7 heteroatoms. The number of methoxy groups -OCH3 is 3. The first-order chi connectivity index (χ1) is 16.6. The lowest BCUT2D eigenvalue weighted by molar-refractivity contribution is 0.204. The van der Waals surface area contributed by atoms with Crippen LogP contribution in [0.25, 0.3) is 22.2 Å². The maximum Gasteiger partial charge on any atom is 0.165 e. The molecule has 1 aliphatic rings. The molecule has 3 heterocycles. The Hall–Kier alpha value is -3.71. The lowest BCUT2D eigenvalue weighted by Crippen LogP contribution is -2.25. The summed E-state index contributed by atoms with van der Waals surface area (Å²) in [6, 6.07) is 13.9. The van der Waals surface area contributed by atoms with Gasteiger partial charge in [0.25, 0.3) is 0 Å². The molecule has 0 saturated carbocycles. The zero-order chi connectivity index (χ0) is 23.7. The van der Waals surface area contributed by atoms with Crippen LogP contribution in [-0.2, 0) is 13.1 Å². The summed E-state index contributed by atoms with van der Waals surface area (Å²) in [6.07, 6.45) is 1.70. The highest BCUT2D eigenvalue weighted by atomic mass is 16.5. The molecule has 176 valence electrons. The molecule has 0 atom stereocenters. The highest BCUT2D eigenvalue weighted by Gasteiger charge is 2.22. The van der Waals surface area contributed by atoms with Crippen LogP contribution in [0.2, 0.25) is 0 Å². The quantitative estimate of drug-likeness (QED) is 0.391. The van der Waals surface area contributed by atoms with Crippen LogP contribution in [0.5, 0.6) is 23.0 Å².